The Morgan fingerprint density at radius 3 is 2.62 bits per heavy atom. The lowest BCUT2D eigenvalue weighted by Crippen LogP contribution is -2.42. The monoisotopic (exact) mass is 230 g/mol. The normalized spacial score (nSPS) is 16.0. The largest absolute Gasteiger partial charge is 0.480 e. The van der Waals surface area contributed by atoms with Gasteiger partial charge in [-0.15, -0.1) is 0 Å². The highest BCUT2D eigenvalue weighted by atomic mass is 16.5. The molecule has 16 heavy (non-hydrogen) atoms. The van der Waals surface area contributed by atoms with Crippen molar-refractivity contribution in [2.45, 2.75) is 31.7 Å². The molecule has 0 saturated heterocycles. The summed E-state index contributed by atoms with van der Waals surface area (Å²) in [7, 11) is 0. The molecule has 0 spiro atoms. The Labute approximate surface area is 94.3 Å². The molecule has 2 amide bonds. The Morgan fingerprint density at radius 1 is 1.31 bits per heavy atom. The molecule has 1 aliphatic rings. The lowest BCUT2D eigenvalue weighted by Gasteiger charge is -2.12. The van der Waals surface area contributed by atoms with Crippen LogP contribution in [0.5, 0.6) is 0 Å². The van der Waals surface area contributed by atoms with Crippen LogP contribution in [0.1, 0.15) is 25.7 Å². The molecular weight excluding hydrogens is 212 g/mol. The Hall–Kier alpha value is -1.30. The van der Waals surface area contributed by atoms with Gasteiger partial charge in [0.2, 0.25) is 0 Å². The molecule has 6 nitrogen and oxygen atoms in total. The van der Waals surface area contributed by atoms with E-state index in [0.717, 1.165) is 12.8 Å². The number of ether oxygens (including phenoxy) is 1. The first-order valence-corrected chi connectivity index (χ1v) is 5.52. The van der Waals surface area contributed by atoms with Crippen LogP contribution < -0.4 is 10.6 Å². The zero-order valence-corrected chi connectivity index (χ0v) is 9.20. The van der Waals surface area contributed by atoms with Gasteiger partial charge in [-0.3, -0.25) is 0 Å². The Kier molecular flexibility index (Phi) is 5.63. The second kappa shape index (κ2) is 7.05. The third-order valence-electron chi connectivity index (χ3n) is 2.45. The van der Waals surface area contributed by atoms with Gasteiger partial charge in [-0.05, 0) is 12.8 Å². The van der Waals surface area contributed by atoms with Crippen LogP contribution in [0.3, 0.4) is 0 Å². The van der Waals surface area contributed by atoms with Gasteiger partial charge in [-0.25, -0.2) is 9.59 Å². The van der Waals surface area contributed by atoms with Crippen molar-refractivity contribution in [3.05, 3.63) is 0 Å². The maximum atomic E-state index is 11.3. The molecule has 0 atom stereocenters. The van der Waals surface area contributed by atoms with E-state index in [2.05, 4.69) is 10.6 Å². The highest BCUT2D eigenvalue weighted by Crippen LogP contribution is 2.17. The lowest BCUT2D eigenvalue weighted by molar-refractivity contribution is -0.142. The minimum absolute atomic E-state index is 0.203. The summed E-state index contributed by atoms with van der Waals surface area (Å²) >= 11 is 0. The Bertz CT molecular complexity index is 239. The molecular formula is C10H18N2O4. The zero-order valence-electron chi connectivity index (χ0n) is 9.20. The molecule has 0 aromatic carbocycles. The number of nitrogens with one attached hydrogen (secondary N) is 2. The van der Waals surface area contributed by atoms with Gasteiger partial charge in [-0.2, -0.15) is 0 Å². The van der Waals surface area contributed by atoms with Crippen molar-refractivity contribution in [1.82, 2.24) is 10.6 Å². The number of carbonyl (C=O) groups excluding carboxylic acids is 1. The first-order valence-electron chi connectivity index (χ1n) is 5.52. The number of hydrogen-bond donors (Lipinski definition) is 3. The summed E-state index contributed by atoms with van der Waals surface area (Å²) in [6.45, 7) is 0.210. The number of carboxylic acids is 1. The summed E-state index contributed by atoms with van der Waals surface area (Å²) in [5.74, 6) is -1.00. The van der Waals surface area contributed by atoms with Crippen molar-refractivity contribution >= 4 is 12.0 Å². The van der Waals surface area contributed by atoms with Gasteiger partial charge in [0.15, 0.2) is 0 Å². The minimum Gasteiger partial charge on any atom is -0.480 e. The molecule has 0 aromatic heterocycles. The van der Waals surface area contributed by atoms with Crippen molar-refractivity contribution in [2.24, 2.45) is 0 Å². The number of hydrogen-bond acceptors (Lipinski definition) is 3. The molecule has 1 saturated carbocycles. The Balaban J connectivity index is 1.95. The quantitative estimate of drug-likeness (QED) is 0.574. The third-order valence-corrected chi connectivity index (χ3v) is 2.45. The van der Waals surface area contributed by atoms with Crippen molar-refractivity contribution in [1.29, 1.82) is 0 Å². The van der Waals surface area contributed by atoms with Crippen LogP contribution in [0, 0.1) is 0 Å². The molecule has 0 radical (unpaired) electrons. The van der Waals surface area contributed by atoms with Gasteiger partial charge in [0.25, 0.3) is 0 Å². The molecule has 0 bridgehead atoms. The predicted octanol–water partition coefficient (Wildman–Crippen LogP) is 0.329. The van der Waals surface area contributed by atoms with Crippen molar-refractivity contribution in [3.63, 3.8) is 0 Å². The molecule has 0 unspecified atom stereocenters. The second-order valence-electron chi connectivity index (χ2n) is 3.83. The van der Waals surface area contributed by atoms with Gasteiger partial charge in [0, 0.05) is 12.6 Å². The van der Waals surface area contributed by atoms with Crippen molar-refractivity contribution in [2.75, 3.05) is 19.8 Å². The molecule has 92 valence electrons. The lowest BCUT2D eigenvalue weighted by atomic mass is 10.3. The van der Waals surface area contributed by atoms with E-state index in [1.165, 1.54) is 12.8 Å². The zero-order chi connectivity index (χ0) is 11.8. The number of aliphatic carboxylic acids is 1. The third kappa shape index (κ3) is 5.55. The van der Waals surface area contributed by atoms with E-state index >= 15 is 0 Å². The van der Waals surface area contributed by atoms with E-state index in [9.17, 15) is 9.59 Å². The number of rotatable bonds is 6. The van der Waals surface area contributed by atoms with Crippen LogP contribution in [0.15, 0.2) is 0 Å². The summed E-state index contributed by atoms with van der Waals surface area (Å²) in [6.07, 6.45) is 4.44. The van der Waals surface area contributed by atoms with Crippen molar-refractivity contribution < 1.29 is 19.4 Å². The summed E-state index contributed by atoms with van der Waals surface area (Å²) in [6, 6.07) is 0.0887. The maximum absolute atomic E-state index is 11.3. The van der Waals surface area contributed by atoms with Crippen LogP contribution in [-0.4, -0.2) is 42.9 Å². The van der Waals surface area contributed by atoms with Crippen LogP contribution in [-0.2, 0) is 9.53 Å². The summed E-state index contributed by atoms with van der Waals surface area (Å²) in [4.78, 5) is 21.4. The van der Waals surface area contributed by atoms with E-state index in [-0.39, 0.29) is 19.2 Å². The minimum atomic E-state index is -1.00. The van der Waals surface area contributed by atoms with Crippen LogP contribution in [0.2, 0.25) is 0 Å². The second-order valence-corrected chi connectivity index (χ2v) is 3.83. The predicted molar refractivity (Wildman–Crippen MR) is 57.2 cm³/mol. The first-order chi connectivity index (χ1) is 7.68. The first kappa shape index (κ1) is 12.8. The highest BCUT2D eigenvalue weighted by Gasteiger charge is 2.16. The fraction of sp³-hybridized carbons (Fsp3) is 0.800. The van der Waals surface area contributed by atoms with Gasteiger partial charge < -0.3 is 20.5 Å². The number of urea groups is 1. The van der Waals surface area contributed by atoms with Gasteiger partial charge in [-0.1, -0.05) is 12.8 Å². The van der Waals surface area contributed by atoms with E-state index in [1.54, 1.807) is 0 Å². The standard InChI is InChI=1S/C10H18N2O4/c13-9(14)7-16-6-5-11-10(15)12-8-3-1-2-4-8/h8H,1-7H2,(H,13,14)(H2,11,12,15). The molecule has 1 aliphatic carbocycles. The van der Waals surface area contributed by atoms with Gasteiger partial charge in [0.1, 0.15) is 6.61 Å². The summed E-state index contributed by atoms with van der Waals surface area (Å²) in [5.41, 5.74) is 0. The molecule has 0 aromatic rings. The summed E-state index contributed by atoms with van der Waals surface area (Å²) < 4.78 is 4.77. The fourth-order valence-electron chi connectivity index (χ4n) is 1.70. The average molecular weight is 230 g/mol. The molecule has 1 fully saturated rings. The molecule has 0 aliphatic heterocycles. The van der Waals surface area contributed by atoms with Crippen LogP contribution in [0.25, 0.3) is 0 Å². The maximum Gasteiger partial charge on any atom is 0.329 e. The molecule has 0 heterocycles. The van der Waals surface area contributed by atoms with Crippen LogP contribution >= 0.6 is 0 Å². The highest BCUT2D eigenvalue weighted by molar-refractivity contribution is 5.74. The molecule has 1 rings (SSSR count). The van der Waals surface area contributed by atoms with Crippen molar-refractivity contribution in [3.8, 4) is 0 Å². The average Bonchev–Trinajstić information content (AvgIpc) is 2.69. The Morgan fingerprint density at radius 2 is 2.00 bits per heavy atom. The number of carbonyl (C=O) groups is 2. The number of amides is 2. The van der Waals surface area contributed by atoms with Gasteiger partial charge in [0.05, 0.1) is 6.61 Å². The van der Waals surface area contributed by atoms with Crippen LogP contribution in [0.4, 0.5) is 4.79 Å². The summed E-state index contributed by atoms with van der Waals surface area (Å²) in [5, 5.41) is 13.8. The SMILES string of the molecule is O=C(O)COCCNC(=O)NC1CCCC1. The van der Waals surface area contributed by atoms with E-state index < -0.39 is 5.97 Å². The van der Waals surface area contributed by atoms with E-state index in [4.69, 9.17) is 9.84 Å². The fourth-order valence-corrected chi connectivity index (χ4v) is 1.70. The molecule has 6 heteroatoms. The van der Waals surface area contributed by atoms with E-state index in [1.807, 2.05) is 0 Å². The molecule has 3 N–H and O–H groups in total. The smallest absolute Gasteiger partial charge is 0.329 e. The number of carboxylic acid groups (broad SMARTS) is 1. The van der Waals surface area contributed by atoms with Gasteiger partial charge >= 0.3 is 12.0 Å². The topological polar surface area (TPSA) is 87.7 Å². The van der Waals surface area contributed by atoms with E-state index in [0.29, 0.717) is 12.6 Å².